The summed E-state index contributed by atoms with van der Waals surface area (Å²) >= 11 is 0. The van der Waals surface area contributed by atoms with Gasteiger partial charge in [-0.1, -0.05) is 0 Å². The van der Waals surface area contributed by atoms with Crippen LogP contribution in [-0.4, -0.2) is 35.2 Å². The normalized spacial score (nSPS) is 14.3. The molecule has 0 amide bonds. The molecule has 0 spiro atoms. The minimum absolute atomic E-state index is 0.0507. The minimum atomic E-state index is -0.542. The smallest absolute Gasteiger partial charge is 0.372 e. The molecule has 0 saturated heterocycles. The Bertz CT molecular complexity index is 461. The number of hydrogen-bond acceptors (Lipinski definition) is 7. The summed E-state index contributed by atoms with van der Waals surface area (Å²) in [6, 6.07) is 0.249. The maximum atomic E-state index is 11.0. The second-order valence-electron chi connectivity index (χ2n) is 3.96. The molecule has 0 unspecified atom stereocenters. The van der Waals surface area contributed by atoms with Gasteiger partial charge in [0.25, 0.3) is 5.88 Å². The van der Waals surface area contributed by atoms with Gasteiger partial charge in [0.05, 0.1) is 12.0 Å². The van der Waals surface area contributed by atoms with Crippen molar-refractivity contribution in [2.75, 3.05) is 19.5 Å². The Morgan fingerprint density at radius 3 is 2.67 bits per heavy atom. The first-order valence-corrected chi connectivity index (χ1v) is 5.50. The Labute approximate surface area is 103 Å². The first kappa shape index (κ1) is 12.5. The molecule has 0 aliphatic heterocycles. The first-order chi connectivity index (χ1) is 8.65. The highest BCUT2D eigenvalue weighted by molar-refractivity contribution is 5.62. The Hall–Kier alpha value is -1.96. The fourth-order valence-corrected chi connectivity index (χ4v) is 1.50. The fraction of sp³-hybridized carbons (Fsp3) is 0.600. The summed E-state index contributed by atoms with van der Waals surface area (Å²) in [5.41, 5.74) is -0.232. The van der Waals surface area contributed by atoms with Crippen LogP contribution in [0.25, 0.3) is 0 Å². The zero-order chi connectivity index (χ0) is 13.1. The van der Waals surface area contributed by atoms with Gasteiger partial charge in [-0.2, -0.15) is 4.98 Å². The van der Waals surface area contributed by atoms with Crippen molar-refractivity contribution in [3.63, 3.8) is 0 Å². The van der Waals surface area contributed by atoms with Gasteiger partial charge < -0.3 is 14.8 Å². The maximum absolute atomic E-state index is 11.0. The molecule has 8 nitrogen and oxygen atoms in total. The predicted octanol–water partition coefficient (Wildman–Crippen LogP) is 1.11. The highest BCUT2D eigenvalue weighted by Crippen LogP contribution is 2.35. The van der Waals surface area contributed by atoms with Crippen LogP contribution >= 0.6 is 0 Å². The molecule has 18 heavy (non-hydrogen) atoms. The van der Waals surface area contributed by atoms with Crippen molar-refractivity contribution in [3.05, 3.63) is 15.9 Å². The van der Waals surface area contributed by atoms with Gasteiger partial charge in [0, 0.05) is 13.2 Å². The molecule has 0 bridgehead atoms. The van der Waals surface area contributed by atoms with Crippen LogP contribution in [0.4, 0.5) is 11.5 Å². The number of ether oxygens (including phenoxy) is 2. The van der Waals surface area contributed by atoms with Crippen LogP contribution in [0.1, 0.15) is 18.7 Å². The number of methoxy groups -OCH3 is 2. The van der Waals surface area contributed by atoms with E-state index in [0.717, 1.165) is 12.8 Å². The molecule has 1 heterocycles. The predicted molar refractivity (Wildman–Crippen MR) is 62.6 cm³/mol. The molecule has 1 fully saturated rings. The van der Waals surface area contributed by atoms with E-state index in [1.807, 2.05) is 0 Å². The number of anilines is 1. The zero-order valence-corrected chi connectivity index (χ0v) is 10.2. The summed E-state index contributed by atoms with van der Waals surface area (Å²) in [4.78, 5) is 18.6. The zero-order valence-electron chi connectivity index (χ0n) is 10.2. The molecule has 1 aromatic rings. The summed E-state index contributed by atoms with van der Waals surface area (Å²) in [5, 5.41) is 14.1. The Balaban J connectivity index is 2.42. The second kappa shape index (κ2) is 5.13. The van der Waals surface area contributed by atoms with Crippen molar-refractivity contribution >= 4 is 11.5 Å². The van der Waals surface area contributed by atoms with Gasteiger partial charge in [-0.25, -0.2) is 4.98 Å². The van der Waals surface area contributed by atoms with Crippen LogP contribution in [0, 0.1) is 10.1 Å². The fourth-order valence-electron chi connectivity index (χ4n) is 1.50. The van der Waals surface area contributed by atoms with Crippen LogP contribution in [0.2, 0.25) is 0 Å². The Morgan fingerprint density at radius 2 is 2.17 bits per heavy atom. The van der Waals surface area contributed by atoms with Gasteiger partial charge in [0.2, 0.25) is 5.82 Å². The van der Waals surface area contributed by atoms with E-state index >= 15 is 0 Å². The third kappa shape index (κ3) is 2.65. The SMILES string of the molecule is COCc1nc(NC2CC2)c([N+](=O)[O-])c(OC)n1. The van der Waals surface area contributed by atoms with Gasteiger partial charge in [0.15, 0.2) is 5.82 Å². The van der Waals surface area contributed by atoms with Crippen LogP contribution < -0.4 is 10.1 Å². The minimum Gasteiger partial charge on any atom is -0.476 e. The van der Waals surface area contributed by atoms with Gasteiger partial charge >= 0.3 is 5.69 Å². The second-order valence-corrected chi connectivity index (χ2v) is 3.96. The largest absolute Gasteiger partial charge is 0.476 e. The summed E-state index contributed by atoms with van der Waals surface area (Å²) in [6.45, 7) is 0.174. The van der Waals surface area contributed by atoms with E-state index in [9.17, 15) is 10.1 Å². The van der Waals surface area contributed by atoms with Gasteiger partial charge in [-0.15, -0.1) is 0 Å². The van der Waals surface area contributed by atoms with E-state index in [1.165, 1.54) is 14.2 Å². The van der Waals surface area contributed by atoms with Crippen LogP contribution in [0.5, 0.6) is 5.88 Å². The Kier molecular flexibility index (Phi) is 3.56. The number of nitrogens with zero attached hydrogens (tertiary/aromatic N) is 3. The topological polar surface area (TPSA) is 99.4 Å². The summed E-state index contributed by atoms with van der Waals surface area (Å²) in [7, 11) is 2.85. The molecule has 0 radical (unpaired) electrons. The number of hydrogen-bond donors (Lipinski definition) is 1. The third-order valence-corrected chi connectivity index (χ3v) is 2.47. The molecular weight excluding hydrogens is 240 g/mol. The molecule has 1 N–H and O–H groups in total. The highest BCUT2D eigenvalue weighted by Gasteiger charge is 2.30. The number of nitro groups is 1. The van der Waals surface area contributed by atoms with Crippen LogP contribution in [-0.2, 0) is 11.3 Å². The van der Waals surface area contributed by atoms with E-state index < -0.39 is 4.92 Å². The van der Waals surface area contributed by atoms with Crippen molar-refractivity contribution in [3.8, 4) is 5.88 Å². The lowest BCUT2D eigenvalue weighted by atomic mass is 10.4. The van der Waals surface area contributed by atoms with E-state index in [0.29, 0.717) is 5.82 Å². The Morgan fingerprint density at radius 1 is 1.44 bits per heavy atom. The van der Waals surface area contributed by atoms with E-state index in [1.54, 1.807) is 0 Å². The first-order valence-electron chi connectivity index (χ1n) is 5.50. The maximum Gasteiger partial charge on any atom is 0.372 e. The van der Waals surface area contributed by atoms with E-state index in [2.05, 4.69) is 15.3 Å². The lowest BCUT2D eigenvalue weighted by Gasteiger charge is -2.09. The quantitative estimate of drug-likeness (QED) is 0.599. The van der Waals surface area contributed by atoms with Gasteiger partial charge in [0.1, 0.15) is 6.61 Å². The van der Waals surface area contributed by atoms with E-state index in [-0.39, 0.29) is 30.0 Å². The van der Waals surface area contributed by atoms with Crippen molar-refractivity contribution in [2.24, 2.45) is 0 Å². The van der Waals surface area contributed by atoms with Crippen molar-refractivity contribution in [1.29, 1.82) is 0 Å². The average molecular weight is 254 g/mol. The van der Waals surface area contributed by atoms with Crippen LogP contribution in [0.15, 0.2) is 0 Å². The molecule has 8 heteroatoms. The number of aromatic nitrogens is 2. The molecule has 1 aliphatic rings. The summed E-state index contributed by atoms with van der Waals surface area (Å²) < 4.78 is 9.87. The van der Waals surface area contributed by atoms with Crippen LogP contribution in [0.3, 0.4) is 0 Å². The monoisotopic (exact) mass is 254 g/mol. The molecule has 1 aliphatic carbocycles. The standard InChI is InChI=1S/C10H14N4O4/c1-17-5-7-12-9(11-6-3-4-6)8(14(15)16)10(13-7)18-2/h6H,3-5H2,1-2H3,(H,11,12,13). The number of nitrogens with one attached hydrogen (secondary N) is 1. The number of rotatable bonds is 6. The lowest BCUT2D eigenvalue weighted by molar-refractivity contribution is -0.385. The molecule has 98 valence electrons. The molecule has 1 aromatic heterocycles. The molecule has 2 rings (SSSR count). The molecule has 0 atom stereocenters. The summed E-state index contributed by atoms with van der Waals surface area (Å²) in [6.07, 6.45) is 1.98. The third-order valence-electron chi connectivity index (χ3n) is 2.47. The van der Waals surface area contributed by atoms with Gasteiger partial charge in [-0.3, -0.25) is 10.1 Å². The van der Waals surface area contributed by atoms with E-state index in [4.69, 9.17) is 9.47 Å². The lowest BCUT2D eigenvalue weighted by Crippen LogP contribution is -2.11. The van der Waals surface area contributed by atoms with Crippen molar-refractivity contribution in [1.82, 2.24) is 9.97 Å². The van der Waals surface area contributed by atoms with Crippen molar-refractivity contribution in [2.45, 2.75) is 25.5 Å². The molecule has 1 saturated carbocycles. The van der Waals surface area contributed by atoms with Gasteiger partial charge in [-0.05, 0) is 12.8 Å². The highest BCUT2D eigenvalue weighted by atomic mass is 16.6. The molecule has 0 aromatic carbocycles. The average Bonchev–Trinajstić information content (AvgIpc) is 3.12. The van der Waals surface area contributed by atoms with Crippen molar-refractivity contribution < 1.29 is 14.4 Å². The molecular formula is C10H14N4O4. The summed E-state index contributed by atoms with van der Waals surface area (Å²) in [5.74, 6) is 0.495.